The molecule has 3 rings (SSSR count). The van der Waals surface area contributed by atoms with Gasteiger partial charge in [0, 0.05) is 24.5 Å². The normalized spacial score (nSPS) is 19.6. The highest BCUT2D eigenvalue weighted by atomic mass is 16.6. The minimum absolute atomic E-state index is 0.0332. The molecule has 31 heavy (non-hydrogen) atoms. The number of benzene rings is 2. The number of nitrogens with zero attached hydrogens (tertiary/aromatic N) is 1. The lowest BCUT2D eigenvalue weighted by atomic mass is 9.80. The summed E-state index contributed by atoms with van der Waals surface area (Å²) in [5, 5.41) is 22.1. The Morgan fingerprint density at radius 3 is 2.58 bits per heavy atom. The van der Waals surface area contributed by atoms with E-state index in [1.165, 1.54) is 18.2 Å². The van der Waals surface area contributed by atoms with Crippen LogP contribution in [0.2, 0.25) is 0 Å². The van der Waals surface area contributed by atoms with E-state index in [-0.39, 0.29) is 23.4 Å². The molecule has 6 nitrogen and oxygen atoms in total. The molecule has 6 heteroatoms. The molecule has 2 atom stereocenters. The van der Waals surface area contributed by atoms with E-state index in [2.05, 4.69) is 6.58 Å². The van der Waals surface area contributed by atoms with E-state index >= 15 is 0 Å². The zero-order valence-electron chi connectivity index (χ0n) is 17.6. The van der Waals surface area contributed by atoms with Gasteiger partial charge in [-0.15, -0.1) is 6.58 Å². The average Bonchev–Trinajstić information content (AvgIpc) is 2.76. The standard InChI is InChI=1S/C25H27NO5/c1-3-14-25(15-13-18-9-6-5-7-10-18)17-22(27)23(24(28)31-25)21(4-2)19-11-8-12-20(16-19)26(29)30/h4-12,16,21,27H,2-3,13-15,17H2,1H3/t21-,25?/m1/s1. The van der Waals surface area contributed by atoms with Crippen LogP contribution in [0.15, 0.2) is 78.6 Å². The second-order valence-corrected chi connectivity index (χ2v) is 7.91. The van der Waals surface area contributed by atoms with Crippen LogP contribution in [-0.4, -0.2) is 21.6 Å². The van der Waals surface area contributed by atoms with Gasteiger partial charge in [-0.2, -0.15) is 0 Å². The van der Waals surface area contributed by atoms with Gasteiger partial charge in [0.1, 0.15) is 11.4 Å². The van der Waals surface area contributed by atoms with Crippen LogP contribution in [0.5, 0.6) is 0 Å². The Hall–Kier alpha value is -3.41. The summed E-state index contributed by atoms with van der Waals surface area (Å²) in [5.41, 5.74) is 0.890. The van der Waals surface area contributed by atoms with E-state index in [0.29, 0.717) is 18.4 Å². The topological polar surface area (TPSA) is 89.7 Å². The van der Waals surface area contributed by atoms with Gasteiger partial charge in [0.25, 0.3) is 5.69 Å². The lowest BCUT2D eigenvalue weighted by Crippen LogP contribution is -2.41. The number of esters is 1. The first kappa shape index (κ1) is 22.3. The highest BCUT2D eigenvalue weighted by molar-refractivity contribution is 5.92. The number of nitro benzene ring substituents is 1. The fourth-order valence-corrected chi connectivity index (χ4v) is 4.24. The number of aliphatic hydroxyl groups is 1. The van der Waals surface area contributed by atoms with Crippen molar-refractivity contribution in [2.45, 2.75) is 50.5 Å². The quantitative estimate of drug-likeness (QED) is 0.239. The first-order valence-corrected chi connectivity index (χ1v) is 10.5. The first-order valence-electron chi connectivity index (χ1n) is 10.5. The maximum absolute atomic E-state index is 13.1. The van der Waals surface area contributed by atoms with Crippen molar-refractivity contribution in [3.63, 3.8) is 0 Å². The van der Waals surface area contributed by atoms with Crippen molar-refractivity contribution in [3.8, 4) is 0 Å². The lowest BCUT2D eigenvalue weighted by molar-refractivity contribution is -0.384. The maximum Gasteiger partial charge on any atom is 0.338 e. The summed E-state index contributed by atoms with van der Waals surface area (Å²) in [6, 6.07) is 16.0. The maximum atomic E-state index is 13.1. The highest BCUT2D eigenvalue weighted by Crippen LogP contribution is 2.41. The van der Waals surface area contributed by atoms with Crippen molar-refractivity contribution in [2.75, 3.05) is 0 Å². The number of aliphatic hydroxyl groups excluding tert-OH is 1. The Labute approximate surface area is 182 Å². The first-order chi connectivity index (χ1) is 14.9. The summed E-state index contributed by atoms with van der Waals surface area (Å²) in [6.07, 6.45) is 4.49. The van der Waals surface area contributed by atoms with E-state index in [0.717, 1.165) is 18.4 Å². The minimum Gasteiger partial charge on any atom is -0.512 e. The van der Waals surface area contributed by atoms with Gasteiger partial charge in [0.15, 0.2) is 0 Å². The molecule has 1 aliphatic rings. The smallest absolute Gasteiger partial charge is 0.338 e. The van der Waals surface area contributed by atoms with Gasteiger partial charge in [-0.05, 0) is 30.4 Å². The van der Waals surface area contributed by atoms with Gasteiger partial charge in [0.05, 0.1) is 10.5 Å². The van der Waals surface area contributed by atoms with Crippen LogP contribution in [0.3, 0.4) is 0 Å². The number of ether oxygens (including phenoxy) is 1. The number of carbonyl (C=O) groups excluding carboxylic acids is 1. The van der Waals surface area contributed by atoms with Crippen molar-refractivity contribution in [1.29, 1.82) is 0 Å². The number of non-ortho nitro benzene ring substituents is 1. The third-order valence-corrected chi connectivity index (χ3v) is 5.73. The third kappa shape index (κ3) is 5.02. The Kier molecular flexibility index (Phi) is 6.90. The summed E-state index contributed by atoms with van der Waals surface area (Å²) < 4.78 is 5.96. The van der Waals surface area contributed by atoms with Gasteiger partial charge < -0.3 is 9.84 Å². The van der Waals surface area contributed by atoms with E-state index in [1.54, 1.807) is 12.1 Å². The zero-order valence-corrected chi connectivity index (χ0v) is 17.6. The molecule has 0 radical (unpaired) electrons. The van der Waals surface area contributed by atoms with Crippen LogP contribution in [0.25, 0.3) is 0 Å². The predicted octanol–water partition coefficient (Wildman–Crippen LogP) is 5.80. The van der Waals surface area contributed by atoms with E-state index in [4.69, 9.17) is 4.74 Å². The molecule has 0 fully saturated rings. The number of aryl methyl sites for hydroxylation is 1. The molecule has 1 N–H and O–H groups in total. The number of hydrogen-bond acceptors (Lipinski definition) is 5. The van der Waals surface area contributed by atoms with Gasteiger partial charge in [-0.3, -0.25) is 10.1 Å². The minimum atomic E-state index is -0.774. The van der Waals surface area contributed by atoms with E-state index in [9.17, 15) is 20.0 Å². The number of rotatable bonds is 9. The Bertz CT molecular complexity index is 998. The number of hydrogen-bond donors (Lipinski definition) is 1. The fourth-order valence-electron chi connectivity index (χ4n) is 4.24. The number of carbonyl (C=O) groups is 1. The Morgan fingerprint density at radius 1 is 1.23 bits per heavy atom. The van der Waals surface area contributed by atoms with Crippen LogP contribution < -0.4 is 0 Å². The molecule has 0 saturated carbocycles. The molecule has 0 amide bonds. The van der Waals surface area contributed by atoms with Gasteiger partial charge in [-0.25, -0.2) is 4.79 Å². The molecular weight excluding hydrogens is 394 g/mol. The second kappa shape index (κ2) is 9.60. The molecule has 162 valence electrons. The Morgan fingerprint density at radius 2 is 1.97 bits per heavy atom. The number of nitro groups is 1. The summed E-state index contributed by atoms with van der Waals surface area (Å²) in [7, 11) is 0. The number of allylic oxidation sites excluding steroid dienone is 1. The van der Waals surface area contributed by atoms with Crippen LogP contribution in [0.4, 0.5) is 5.69 Å². The van der Waals surface area contributed by atoms with E-state index < -0.39 is 22.4 Å². The molecule has 0 aromatic heterocycles. The van der Waals surface area contributed by atoms with Crippen molar-refractivity contribution in [2.24, 2.45) is 0 Å². The molecular formula is C25H27NO5. The van der Waals surface area contributed by atoms with Crippen molar-refractivity contribution < 1.29 is 19.6 Å². The second-order valence-electron chi connectivity index (χ2n) is 7.91. The summed E-state index contributed by atoms with van der Waals surface area (Å²) in [6.45, 7) is 5.80. The van der Waals surface area contributed by atoms with Gasteiger partial charge in [-0.1, -0.05) is 61.9 Å². The molecule has 0 bridgehead atoms. The van der Waals surface area contributed by atoms with E-state index in [1.807, 2.05) is 37.3 Å². The van der Waals surface area contributed by atoms with Crippen LogP contribution in [0, 0.1) is 10.1 Å². The van der Waals surface area contributed by atoms with Crippen molar-refractivity contribution >= 4 is 11.7 Å². The molecule has 0 spiro atoms. The van der Waals surface area contributed by atoms with Gasteiger partial charge in [0.2, 0.25) is 0 Å². The lowest BCUT2D eigenvalue weighted by Gasteiger charge is -2.38. The zero-order chi connectivity index (χ0) is 22.4. The molecule has 1 aliphatic heterocycles. The molecule has 2 aromatic carbocycles. The molecule has 0 aliphatic carbocycles. The monoisotopic (exact) mass is 421 g/mol. The molecule has 0 saturated heterocycles. The van der Waals surface area contributed by atoms with Crippen LogP contribution in [0.1, 0.15) is 49.7 Å². The van der Waals surface area contributed by atoms with Gasteiger partial charge >= 0.3 is 5.97 Å². The molecule has 1 heterocycles. The molecule has 1 unspecified atom stereocenters. The number of cyclic esters (lactones) is 1. The highest BCUT2D eigenvalue weighted by Gasteiger charge is 2.43. The van der Waals surface area contributed by atoms with Crippen LogP contribution >= 0.6 is 0 Å². The van der Waals surface area contributed by atoms with Crippen LogP contribution in [-0.2, 0) is 16.0 Å². The summed E-state index contributed by atoms with van der Waals surface area (Å²) in [4.78, 5) is 23.7. The molecule has 2 aromatic rings. The SMILES string of the molecule is C=C[C@@H](C1=C(O)CC(CCC)(CCc2ccccc2)OC1=O)c1cccc([N+](=O)[O-])c1. The average molecular weight is 421 g/mol. The third-order valence-electron chi connectivity index (χ3n) is 5.73. The largest absolute Gasteiger partial charge is 0.512 e. The Balaban J connectivity index is 1.90. The fraction of sp³-hybridized carbons (Fsp3) is 0.320. The summed E-state index contributed by atoms with van der Waals surface area (Å²) >= 11 is 0. The predicted molar refractivity (Wildman–Crippen MR) is 119 cm³/mol. The van der Waals surface area contributed by atoms with Crippen molar-refractivity contribution in [3.05, 3.63) is 99.8 Å². The van der Waals surface area contributed by atoms with Crippen molar-refractivity contribution in [1.82, 2.24) is 0 Å². The summed E-state index contributed by atoms with van der Waals surface area (Å²) in [5.74, 6) is -1.32.